The second kappa shape index (κ2) is 9.04. The zero-order chi connectivity index (χ0) is 24.0. The molecular weight excluding hydrogens is 486 g/mol. The summed E-state index contributed by atoms with van der Waals surface area (Å²) in [5.41, 5.74) is -1.69. The van der Waals surface area contributed by atoms with Crippen LogP contribution in [0.2, 0.25) is 0 Å². The highest BCUT2D eigenvalue weighted by molar-refractivity contribution is 7.88. The first kappa shape index (κ1) is 24.2. The maximum Gasteiger partial charge on any atom is 0.434 e. The smallest absolute Gasteiger partial charge is 0.393 e. The van der Waals surface area contributed by atoms with E-state index in [1.165, 1.54) is 4.31 Å². The average Bonchev–Trinajstić information content (AvgIpc) is 3.35. The molecule has 1 aliphatic heterocycles. The van der Waals surface area contributed by atoms with Crippen LogP contribution in [0.1, 0.15) is 48.7 Å². The minimum absolute atomic E-state index is 0.0384. The van der Waals surface area contributed by atoms with Gasteiger partial charge in [0.05, 0.1) is 28.4 Å². The number of thiazole rings is 1. The van der Waals surface area contributed by atoms with Gasteiger partial charge in [-0.15, -0.1) is 11.3 Å². The van der Waals surface area contributed by atoms with E-state index >= 15 is 0 Å². The van der Waals surface area contributed by atoms with Crippen molar-refractivity contribution in [1.29, 1.82) is 0 Å². The maximum absolute atomic E-state index is 14.6. The molecule has 1 saturated carbocycles. The maximum atomic E-state index is 14.6. The number of hydrogen-bond donors (Lipinski definition) is 2. The van der Waals surface area contributed by atoms with Gasteiger partial charge in [0.15, 0.2) is 11.5 Å². The van der Waals surface area contributed by atoms with Crippen molar-refractivity contribution < 1.29 is 31.1 Å². The number of aromatic nitrogens is 3. The highest BCUT2D eigenvalue weighted by Crippen LogP contribution is 2.45. The molecule has 0 bridgehead atoms. The van der Waals surface area contributed by atoms with Gasteiger partial charge in [0.2, 0.25) is 16.0 Å². The van der Waals surface area contributed by atoms with Crippen LogP contribution in [0.15, 0.2) is 6.20 Å². The fourth-order valence-electron chi connectivity index (χ4n) is 4.16. The summed E-state index contributed by atoms with van der Waals surface area (Å²) in [6, 6.07) is -0.208. The highest BCUT2D eigenvalue weighted by atomic mass is 32.2. The van der Waals surface area contributed by atoms with E-state index in [0.717, 1.165) is 23.8 Å². The Morgan fingerprint density at radius 2 is 1.88 bits per heavy atom. The quantitative estimate of drug-likeness (QED) is 0.596. The predicted octanol–water partition coefficient (Wildman–Crippen LogP) is 3.22. The monoisotopic (exact) mass is 509 g/mol. The van der Waals surface area contributed by atoms with E-state index in [4.69, 9.17) is 0 Å². The SMILES string of the molecule is CS(=O)(=O)N1CCC(Nc2ncc(F)c(-c3sc([C@H]4CC[C@@H](O)C4)nc3C(F)(F)F)n2)CC1. The lowest BCUT2D eigenvalue weighted by molar-refractivity contribution is -0.140. The Kier molecular flexibility index (Phi) is 6.64. The Morgan fingerprint density at radius 1 is 1.18 bits per heavy atom. The molecule has 4 rings (SSSR count). The normalized spacial score (nSPS) is 23.2. The molecule has 0 amide bonds. The number of nitrogens with one attached hydrogen (secondary N) is 1. The first-order valence-corrected chi connectivity index (χ1v) is 13.1. The summed E-state index contributed by atoms with van der Waals surface area (Å²) >= 11 is 0.737. The van der Waals surface area contributed by atoms with Crippen molar-refractivity contribution in [3.8, 4) is 10.6 Å². The third kappa shape index (κ3) is 5.44. The molecule has 2 aromatic rings. The van der Waals surface area contributed by atoms with Crippen molar-refractivity contribution in [2.24, 2.45) is 0 Å². The molecule has 2 aromatic heterocycles. The summed E-state index contributed by atoms with van der Waals surface area (Å²) in [6.07, 6.45) is -1.24. The highest BCUT2D eigenvalue weighted by Gasteiger charge is 2.41. The third-order valence-corrected chi connectivity index (χ3v) is 8.41. The van der Waals surface area contributed by atoms with Gasteiger partial charge in [-0.3, -0.25) is 0 Å². The lowest BCUT2D eigenvalue weighted by Crippen LogP contribution is -2.42. The molecule has 0 aromatic carbocycles. The summed E-state index contributed by atoms with van der Waals surface area (Å²) in [4.78, 5) is 11.2. The fourth-order valence-corrected chi connectivity index (χ4v) is 6.25. The number of piperidine rings is 1. The topological polar surface area (TPSA) is 108 Å². The number of anilines is 1. The lowest BCUT2D eigenvalue weighted by Gasteiger charge is -2.30. The van der Waals surface area contributed by atoms with E-state index in [-0.39, 0.29) is 36.0 Å². The minimum Gasteiger partial charge on any atom is -0.393 e. The molecule has 2 fully saturated rings. The van der Waals surface area contributed by atoms with Gasteiger partial charge in [-0.2, -0.15) is 13.2 Å². The van der Waals surface area contributed by atoms with Crippen molar-refractivity contribution in [2.75, 3.05) is 24.7 Å². The van der Waals surface area contributed by atoms with Gasteiger partial charge in [-0.25, -0.2) is 32.1 Å². The number of sulfonamides is 1. The minimum atomic E-state index is -4.80. The summed E-state index contributed by atoms with van der Waals surface area (Å²) in [7, 11) is -3.30. The van der Waals surface area contributed by atoms with Crippen molar-refractivity contribution in [3.05, 3.63) is 22.7 Å². The molecule has 0 unspecified atom stereocenters. The predicted molar refractivity (Wildman–Crippen MR) is 114 cm³/mol. The largest absolute Gasteiger partial charge is 0.434 e. The van der Waals surface area contributed by atoms with Gasteiger partial charge in [0, 0.05) is 25.0 Å². The molecule has 3 heterocycles. The zero-order valence-corrected chi connectivity index (χ0v) is 19.3. The van der Waals surface area contributed by atoms with Crippen LogP contribution in [0.3, 0.4) is 0 Å². The molecule has 2 atom stereocenters. The number of aliphatic hydroxyl groups is 1. The van der Waals surface area contributed by atoms with E-state index in [2.05, 4.69) is 20.3 Å². The van der Waals surface area contributed by atoms with Crippen LogP contribution in [0.25, 0.3) is 10.6 Å². The van der Waals surface area contributed by atoms with Gasteiger partial charge in [-0.05, 0) is 32.1 Å². The van der Waals surface area contributed by atoms with Gasteiger partial charge in [0.1, 0.15) is 5.69 Å². The van der Waals surface area contributed by atoms with E-state index in [1.54, 1.807) is 0 Å². The summed E-state index contributed by atoms with van der Waals surface area (Å²) in [5, 5.41) is 12.9. The summed E-state index contributed by atoms with van der Waals surface area (Å²) < 4.78 is 80.3. The van der Waals surface area contributed by atoms with E-state index in [9.17, 15) is 31.1 Å². The number of nitrogens with zero attached hydrogens (tertiary/aromatic N) is 4. The standard InChI is InChI=1S/C19H23F4N5O3S2/c1-33(30,31)28-6-4-11(5-7-28)25-18-24-9-13(20)14(26-18)15-16(19(21,22)23)27-17(32-15)10-2-3-12(29)8-10/h9-12,29H,2-8H2,1H3,(H,24,25,26)/t10-,12+/m0/s1. The van der Waals surface area contributed by atoms with Crippen molar-refractivity contribution in [3.63, 3.8) is 0 Å². The Bertz CT molecular complexity index is 1120. The van der Waals surface area contributed by atoms with Gasteiger partial charge < -0.3 is 10.4 Å². The number of hydrogen-bond acceptors (Lipinski definition) is 8. The van der Waals surface area contributed by atoms with Crippen LogP contribution in [-0.4, -0.2) is 64.3 Å². The Balaban J connectivity index is 1.59. The average molecular weight is 510 g/mol. The first-order valence-electron chi connectivity index (χ1n) is 10.4. The second-order valence-electron chi connectivity index (χ2n) is 8.36. The summed E-state index contributed by atoms with van der Waals surface area (Å²) in [6.45, 7) is 0.572. The van der Waals surface area contributed by atoms with Crippen LogP contribution in [0.5, 0.6) is 0 Å². The van der Waals surface area contributed by atoms with Crippen LogP contribution >= 0.6 is 11.3 Å². The molecule has 33 heavy (non-hydrogen) atoms. The molecule has 8 nitrogen and oxygen atoms in total. The van der Waals surface area contributed by atoms with Gasteiger partial charge in [0.25, 0.3) is 0 Å². The van der Waals surface area contributed by atoms with Crippen LogP contribution < -0.4 is 5.32 Å². The number of alkyl halides is 3. The molecule has 0 spiro atoms. The molecule has 2 N–H and O–H groups in total. The zero-order valence-electron chi connectivity index (χ0n) is 17.6. The first-order chi connectivity index (χ1) is 15.4. The van der Waals surface area contributed by atoms with Crippen molar-refractivity contribution in [2.45, 2.75) is 56.3 Å². The summed E-state index contributed by atoms with van der Waals surface area (Å²) in [5.74, 6) is -1.36. The molecular formula is C19H23F4N5O3S2. The molecule has 2 aliphatic rings. The molecule has 14 heteroatoms. The van der Waals surface area contributed by atoms with Crippen LogP contribution in [-0.2, 0) is 16.2 Å². The van der Waals surface area contributed by atoms with Crippen LogP contribution in [0, 0.1) is 5.82 Å². The Hall–Kier alpha value is -1.90. The van der Waals surface area contributed by atoms with Gasteiger partial charge >= 0.3 is 6.18 Å². The fraction of sp³-hybridized carbons (Fsp3) is 0.632. The number of rotatable bonds is 5. The lowest BCUT2D eigenvalue weighted by atomic mass is 10.1. The van der Waals surface area contributed by atoms with E-state index < -0.39 is 44.4 Å². The number of halogens is 4. The Labute approximate surface area is 192 Å². The van der Waals surface area contributed by atoms with Gasteiger partial charge in [-0.1, -0.05) is 0 Å². The molecule has 1 saturated heterocycles. The van der Waals surface area contributed by atoms with Crippen molar-refractivity contribution in [1.82, 2.24) is 19.3 Å². The molecule has 0 radical (unpaired) electrons. The van der Waals surface area contributed by atoms with E-state index in [1.807, 2.05) is 0 Å². The second-order valence-corrected chi connectivity index (χ2v) is 11.4. The van der Waals surface area contributed by atoms with Crippen LogP contribution in [0.4, 0.5) is 23.5 Å². The van der Waals surface area contributed by atoms with Crippen molar-refractivity contribution >= 4 is 27.3 Å². The number of aliphatic hydroxyl groups excluding tert-OH is 1. The molecule has 182 valence electrons. The molecule has 1 aliphatic carbocycles. The third-order valence-electron chi connectivity index (χ3n) is 5.88. The van der Waals surface area contributed by atoms with E-state index in [0.29, 0.717) is 32.1 Å². The Morgan fingerprint density at radius 3 is 2.45 bits per heavy atom.